The number of aromatic nitrogens is 2. The summed E-state index contributed by atoms with van der Waals surface area (Å²) in [5, 5.41) is 8.75. The van der Waals surface area contributed by atoms with Gasteiger partial charge in [-0.1, -0.05) is 11.6 Å². The van der Waals surface area contributed by atoms with Crippen LogP contribution in [0.3, 0.4) is 0 Å². The van der Waals surface area contributed by atoms with Crippen LogP contribution in [0.1, 0.15) is 24.7 Å². The van der Waals surface area contributed by atoms with Gasteiger partial charge in [-0.15, -0.1) is 0 Å². The lowest BCUT2D eigenvalue weighted by Gasteiger charge is -2.27. The number of hydrogen-bond acceptors (Lipinski definition) is 3. The normalized spacial score (nSPS) is 19.8. The fourth-order valence-electron chi connectivity index (χ4n) is 2.53. The first-order chi connectivity index (χ1) is 8.59. The third kappa shape index (κ3) is 3.05. The number of nitrogens with one attached hydrogen (secondary N) is 1. The number of rotatable bonds is 3. The van der Waals surface area contributed by atoms with Crippen LogP contribution >= 0.6 is 11.6 Å². The molecular formula is C13H23ClN4. The van der Waals surface area contributed by atoms with Crippen LogP contribution in [0.4, 0.5) is 0 Å². The van der Waals surface area contributed by atoms with E-state index in [2.05, 4.69) is 22.2 Å². The lowest BCUT2D eigenvalue weighted by Crippen LogP contribution is -2.39. The van der Waals surface area contributed by atoms with E-state index in [0.717, 1.165) is 42.6 Å². The monoisotopic (exact) mass is 270 g/mol. The smallest absolute Gasteiger partial charge is 0.0844 e. The molecule has 0 saturated carbocycles. The lowest BCUT2D eigenvalue weighted by molar-refractivity contribution is 0.198. The standard InChI is InChI=1S/C13H23ClN4/c1-10(17-7-4-5-15-6-8-17)9-18-12(3)13(14)11(2)16-18/h10,15H,4-9H2,1-3H3. The third-order valence-corrected chi connectivity index (χ3v) is 4.28. The summed E-state index contributed by atoms with van der Waals surface area (Å²) >= 11 is 6.19. The van der Waals surface area contributed by atoms with Crippen LogP contribution in [0, 0.1) is 13.8 Å². The maximum Gasteiger partial charge on any atom is 0.0844 e. The molecule has 1 aromatic heterocycles. The molecule has 1 N–H and O–H groups in total. The highest BCUT2D eigenvalue weighted by Gasteiger charge is 2.18. The average molecular weight is 271 g/mol. The Balaban J connectivity index is 2.01. The van der Waals surface area contributed by atoms with Crippen LogP contribution in [-0.2, 0) is 6.54 Å². The molecule has 0 radical (unpaired) electrons. The van der Waals surface area contributed by atoms with E-state index in [4.69, 9.17) is 11.6 Å². The van der Waals surface area contributed by atoms with Crippen molar-refractivity contribution in [2.75, 3.05) is 26.2 Å². The van der Waals surface area contributed by atoms with E-state index in [1.807, 2.05) is 18.5 Å². The minimum Gasteiger partial charge on any atom is -0.315 e. The maximum absolute atomic E-state index is 6.19. The van der Waals surface area contributed by atoms with Gasteiger partial charge in [-0.2, -0.15) is 5.10 Å². The summed E-state index contributed by atoms with van der Waals surface area (Å²) in [4.78, 5) is 2.53. The highest BCUT2D eigenvalue weighted by Crippen LogP contribution is 2.19. The Morgan fingerprint density at radius 1 is 1.33 bits per heavy atom. The Hall–Kier alpha value is -0.580. The zero-order valence-electron chi connectivity index (χ0n) is 11.5. The number of halogens is 1. The predicted octanol–water partition coefficient (Wildman–Crippen LogP) is 1.84. The SMILES string of the molecule is Cc1nn(CC(C)N2CCCNCC2)c(C)c1Cl. The molecule has 1 aliphatic heterocycles. The fraction of sp³-hybridized carbons (Fsp3) is 0.769. The first-order valence-electron chi connectivity index (χ1n) is 6.74. The summed E-state index contributed by atoms with van der Waals surface area (Å²) in [6.45, 7) is 11.7. The molecule has 5 heteroatoms. The van der Waals surface area contributed by atoms with Gasteiger partial charge < -0.3 is 5.32 Å². The van der Waals surface area contributed by atoms with Gasteiger partial charge in [-0.25, -0.2) is 0 Å². The van der Waals surface area contributed by atoms with Gasteiger partial charge in [0.15, 0.2) is 0 Å². The zero-order chi connectivity index (χ0) is 13.1. The number of aryl methyl sites for hydroxylation is 1. The van der Waals surface area contributed by atoms with Crippen molar-refractivity contribution in [1.82, 2.24) is 20.0 Å². The molecule has 1 unspecified atom stereocenters. The van der Waals surface area contributed by atoms with Crippen LogP contribution in [-0.4, -0.2) is 46.9 Å². The van der Waals surface area contributed by atoms with Crippen LogP contribution in [0.15, 0.2) is 0 Å². The van der Waals surface area contributed by atoms with E-state index in [0.29, 0.717) is 6.04 Å². The molecular weight excluding hydrogens is 248 g/mol. The Kier molecular flexibility index (Phi) is 4.65. The average Bonchev–Trinajstić information content (AvgIpc) is 2.59. The maximum atomic E-state index is 6.19. The van der Waals surface area contributed by atoms with E-state index >= 15 is 0 Å². The van der Waals surface area contributed by atoms with Crippen molar-refractivity contribution < 1.29 is 0 Å². The van der Waals surface area contributed by atoms with Crippen molar-refractivity contribution in [2.45, 2.75) is 39.8 Å². The van der Waals surface area contributed by atoms with Crippen LogP contribution in [0.2, 0.25) is 5.02 Å². The molecule has 1 atom stereocenters. The lowest BCUT2D eigenvalue weighted by atomic mass is 10.2. The zero-order valence-corrected chi connectivity index (χ0v) is 12.3. The molecule has 1 aromatic rings. The summed E-state index contributed by atoms with van der Waals surface area (Å²) in [5.41, 5.74) is 2.01. The van der Waals surface area contributed by atoms with Crippen LogP contribution < -0.4 is 5.32 Å². The van der Waals surface area contributed by atoms with Crippen molar-refractivity contribution in [3.63, 3.8) is 0 Å². The first kappa shape index (κ1) is 13.8. The van der Waals surface area contributed by atoms with Gasteiger partial charge in [0, 0.05) is 19.1 Å². The highest BCUT2D eigenvalue weighted by atomic mass is 35.5. The van der Waals surface area contributed by atoms with E-state index in [-0.39, 0.29) is 0 Å². The first-order valence-corrected chi connectivity index (χ1v) is 7.11. The summed E-state index contributed by atoms with van der Waals surface area (Å²) < 4.78 is 2.04. The molecule has 2 rings (SSSR count). The molecule has 18 heavy (non-hydrogen) atoms. The third-order valence-electron chi connectivity index (χ3n) is 3.73. The van der Waals surface area contributed by atoms with Gasteiger partial charge in [-0.3, -0.25) is 9.58 Å². The summed E-state index contributed by atoms with van der Waals surface area (Å²) in [6.07, 6.45) is 1.22. The molecule has 0 aliphatic carbocycles. The van der Waals surface area contributed by atoms with E-state index in [9.17, 15) is 0 Å². The van der Waals surface area contributed by atoms with Gasteiger partial charge in [0.05, 0.1) is 23.0 Å². The van der Waals surface area contributed by atoms with Gasteiger partial charge in [-0.05, 0) is 40.3 Å². The Bertz CT molecular complexity index is 394. The molecule has 0 spiro atoms. The largest absolute Gasteiger partial charge is 0.315 e. The van der Waals surface area contributed by atoms with Crippen molar-refractivity contribution in [3.8, 4) is 0 Å². The van der Waals surface area contributed by atoms with Crippen LogP contribution in [0.25, 0.3) is 0 Å². The van der Waals surface area contributed by atoms with E-state index in [1.165, 1.54) is 13.0 Å². The Morgan fingerprint density at radius 2 is 2.11 bits per heavy atom. The summed E-state index contributed by atoms with van der Waals surface area (Å²) in [7, 11) is 0. The Labute approximate surface area is 114 Å². The molecule has 1 fully saturated rings. The second-order valence-corrected chi connectivity index (χ2v) is 5.53. The van der Waals surface area contributed by atoms with Crippen molar-refractivity contribution >= 4 is 11.6 Å². The molecule has 1 saturated heterocycles. The highest BCUT2D eigenvalue weighted by molar-refractivity contribution is 6.31. The molecule has 0 amide bonds. The summed E-state index contributed by atoms with van der Waals surface area (Å²) in [6, 6.07) is 0.499. The van der Waals surface area contributed by atoms with Crippen LogP contribution in [0.5, 0.6) is 0 Å². The Morgan fingerprint density at radius 3 is 2.78 bits per heavy atom. The van der Waals surface area contributed by atoms with Crippen molar-refractivity contribution in [3.05, 3.63) is 16.4 Å². The van der Waals surface area contributed by atoms with Gasteiger partial charge >= 0.3 is 0 Å². The number of hydrogen-bond donors (Lipinski definition) is 1. The molecule has 1 aliphatic rings. The molecule has 0 aromatic carbocycles. The fourth-order valence-corrected chi connectivity index (χ4v) is 2.66. The molecule has 4 nitrogen and oxygen atoms in total. The number of nitrogens with zero attached hydrogens (tertiary/aromatic N) is 3. The van der Waals surface area contributed by atoms with Crippen molar-refractivity contribution in [2.24, 2.45) is 0 Å². The van der Waals surface area contributed by atoms with E-state index < -0.39 is 0 Å². The second kappa shape index (κ2) is 6.04. The summed E-state index contributed by atoms with van der Waals surface area (Å²) in [5.74, 6) is 0. The topological polar surface area (TPSA) is 33.1 Å². The minimum atomic E-state index is 0.499. The molecule has 2 heterocycles. The quantitative estimate of drug-likeness (QED) is 0.910. The van der Waals surface area contributed by atoms with Gasteiger partial charge in [0.2, 0.25) is 0 Å². The molecule has 102 valence electrons. The van der Waals surface area contributed by atoms with Crippen molar-refractivity contribution in [1.29, 1.82) is 0 Å². The molecule has 0 bridgehead atoms. The van der Waals surface area contributed by atoms with Gasteiger partial charge in [0.25, 0.3) is 0 Å². The minimum absolute atomic E-state index is 0.499. The van der Waals surface area contributed by atoms with E-state index in [1.54, 1.807) is 0 Å². The predicted molar refractivity (Wildman–Crippen MR) is 75.2 cm³/mol. The van der Waals surface area contributed by atoms with Gasteiger partial charge in [0.1, 0.15) is 0 Å². The second-order valence-electron chi connectivity index (χ2n) is 5.16.